The van der Waals surface area contributed by atoms with Crippen molar-refractivity contribution in [2.75, 3.05) is 0 Å². The van der Waals surface area contributed by atoms with Crippen LogP contribution in [0.3, 0.4) is 0 Å². The van der Waals surface area contributed by atoms with Crippen LogP contribution < -0.4 is 0 Å². The second-order valence-electron chi connectivity index (χ2n) is 6.69. The predicted molar refractivity (Wildman–Crippen MR) is 96.2 cm³/mol. The van der Waals surface area contributed by atoms with Crippen molar-refractivity contribution in [2.24, 2.45) is 0 Å². The van der Waals surface area contributed by atoms with E-state index in [-0.39, 0.29) is 23.1 Å². The zero-order chi connectivity index (χ0) is 22.7. The van der Waals surface area contributed by atoms with Crippen LogP contribution in [0.15, 0.2) is 60.7 Å². The van der Waals surface area contributed by atoms with Crippen molar-refractivity contribution in [3.8, 4) is 0 Å². The molecule has 2 unspecified atom stereocenters. The first-order valence-electron chi connectivity index (χ1n) is 8.67. The molecule has 0 saturated carbocycles. The molecule has 0 fully saturated rings. The van der Waals surface area contributed by atoms with E-state index in [2.05, 4.69) is 6.58 Å². The van der Waals surface area contributed by atoms with E-state index in [1.165, 1.54) is 19.1 Å². The fraction of sp³-hybridized carbons (Fsp3) is 0.286. The van der Waals surface area contributed by atoms with Crippen LogP contribution in [0.2, 0.25) is 0 Å². The van der Waals surface area contributed by atoms with Gasteiger partial charge in [-0.2, -0.15) is 26.3 Å². The monoisotopic (exact) mass is 432 g/mol. The van der Waals surface area contributed by atoms with Gasteiger partial charge in [-0.05, 0) is 36.2 Å². The second-order valence-corrected chi connectivity index (χ2v) is 6.69. The summed E-state index contributed by atoms with van der Waals surface area (Å²) in [5.74, 6) is -0.932. The van der Waals surface area contributed by atoms with Gasteiger partial charge >= 0.3 is 18.3 Å². The van der Waals surface area contributed by atoms with E-state index in [0.29, 0.717) is 6.07 Å². The minimum atomic E-state index is -4.67. The van der Waals surface area contributed by atoms with Crippen molar-refractivity contribution >= 4 is 5.97 Å². The summed E-state index contributed by atoms with van der Waals surface area (Å²) >= 11 is 0. The molecule has 0 bridgehead atoms. The number of benzene rings is 2. The van der Waals surface area contributed by atoms with Crippen molar-refractivity contribution in [1.82, 2.24) is 0 Å². The molecule has 0 aliphatic carbocycles. The Morgan fingerprint density at radius 1 is 1.00 bits per heavy atom. The first-order valence-corrected chi connectivity index (χ1v) is 8.67. The van der Waals surface area contributed by atoms with Crippen LogP contribution in [0.4, 0.5) is 26.3 Å². The van der Waals surface area contributed by atoms with Crippen molar-refractivity contribution < 1.29 is 41.0 Å². The fourth-order valence-electron chi connectivity index (χ4n) is 2.68. The van der Waals surface area contributed by atoms with Crippen LogP contribution in [-0.2, 0) is 28.3 Å². The summed E-state index contributed by atoms with van der Waals surface area (Å²) in [7, 11) is 0. The van der Waals surface area contributed by atoms with Crippen LogP contribution in [-0.4, -0.2) is 17.2 Å². The first-order chi connectivity index (χ1) is 13.8. The third-order valence-corrected chi connectivity index (χ3v) is 4.21. The molecule has 0 radical (unpaired) electrons. The van der Waals surface area contributed by atoms with Crippen LogP contribution >= 0.6 is 0 Å². The molecule has 0 amide bonds. The molecule has 1 N–H and O–H groups in total. The smallest absolute Gasteiger partial charge is 0.416 e. The minimum absolute atomic E-state index is 0.0414. The Bertz CT molecular complexity index is 917. The van der Waals surface area contributed by atoms with Crippen LogP contribution in [0.1, 0.15) is 35.3 Å². The summed E-state index contributed by atoms with van der Waals surface area (Å²) in [5.41, 5.74) is -2.13. The summed E-state index contributed by atoms with van der Waals surface area (Å²) in [6, 6.07) is 7.91. The van der Waals surface area contributed by atoms with E-state index in [4.69, 9.17) is 4.74 Å². The van der Waals surface area contributed by atoms with Gasteiger partial charge in [0.25, 0.3) is 0 Å². The highest BCUT2D eigenvalue weighted by Gasteiger charge is 2.34. The number of aliphatic hydroxyl groups excluding tert-OH is 1. The van der Waals surface area contributed by atoms with E-state index >= 15 is 0 Å². The van der Waals surface area contributed by atoms with Gasteiger partial charge in [-0.15, -0.1) is 0 Å². The van der Waals surface area contributed by atoms with Gasteiger partial charge in [0.1, 0.15) is 12.2 Å². The molecule has 2 aromatic carbocycles. The van der Waals surface area contributed by atoms with E-state index in [1.807, 2.05) is 0 Å². The third kappa shape index (κ3) is 6.09. The Morgan fingerprint density at radius 3 is 2.07 bits per heavy atom. The van der Waals surface area contributed by atoms with Gasteiger partial charge in [0.05, 0.1) is 11.1 Å². The number of carbonyl (C=O) groups excluding carboxylic acids is 1. The molecule has 0 spiro atoms. The van der Waals surface area contributed by atoms with Crippen molar-refractivity contribution in [1.29, 1.82) is 0 Å². The number of halogens is 6. The normalized spacial score (nSPS) is 14.1. The summed E-state index contributed by atoms with van der Waals surface area (Å²) in [5, 5.41) is 10.6. The highest BCUT2D eigenvalue weighted by molar-refractivity contribution is 5.87. The molecule has 3 nitrogen and oxygen atoms in total. The molecule has 30 heavy (non-hydrogen) atoms. The SMILES string of the molecule is C=C(C)C(=O)OC(Cc1cccc(C(F)(F)F)c1)C(O)c1cccc(C(F)(F)F)c1. The zero-order valence-electron chi connectivity index (χ0n) is 15.7. The average molecular weight is 432 g/mol. The summed E-state index contributed by atoms with van der Waals surface area (Å²) < 4.78 is 82.9. The summed E-state index contributed by atoms with van der Waals surface area (Å²) in [6.07, 6.45) is -12.8. The molecule has 9 heteroatoms. The lowest BCUT2D eigenvalue weighted by Crippen LogP contribution is -2.28. The van der Waals surface area contributed by atoms with Gasteiger partial charge in [-0.3, -0.25) is 0 Å². The largest absolute Gasteiger partial charge is 0.456 e. The summed E-state index contributed by atoms with van der Waals surface area (Å²) in [6.45, 7) is 4.71. The van der Waals surface area contributed by atoms with Gasteiger partial charge < -0.3 is 9.84 Å². The molecular weight excluding hydrogens is 414 g/mol. The van der Waals surface area contributed by atoms with Gasteiger partial charge in [0.2, 0.25) is 0 Å². The van der Waals surface area contributed by atoms with Gasteiger partial charge in [0, 0.05) is 12.0 Å². The number of rotatable bonds is 6. The van der Waals surface area contributed by atoms with E-state index < -0.39 is 41.7 Å². The lowest BCUT2D eigenvalue weighted by molar-refractivity contribution is -0.150. The number of aliphatic hydroxyl groups is 1. The number of carbonyl (C=O) groups is 1. The van der Waals surface area contributed by atoms with Crippen molar-refractivity contribution in [2.45, 2.75) is 37.9 Å². The molecule has 0 aliphatic heterocycles. The van der Waals surface area contributed by atoms with Crippen molar-refractivity contribution in [3.63, 3.8) is 0 Å². The zero-order valence-corrected chi connectivity index (χ0v) is 15.7. The molecule has 0 aromatic heterocycles. The Balaban J connectivity index is 2.38. The first kappa shape index (κ1) is 23.5. The van der Waals surface area contributed by atoms with Crippen LogP contribution in [0.25, 0.3) is 0 Å². The predicted octanol–water partition coefficient (Wildman–Crippen LogP) is 5.49. The lowest BCUT2D eigenvalue weighted by atomic mass is 9.96. The maximum atomic E-state index is 13.0. The molecule has 2 rings (SSSR count). The minimum Gasteiger partial charge on any atom is -0.456 e. The Hall–Kier alpha value is -2.81. The molecule has 2 aromatic rings. The van der Waals surface area contributed by atoms with E-state index in [1.54, 1.807) is 0 Å². The quantitative estimate of drug-likeness (QED) is 0.373. The maximum absolute atomic E-state index is 13.0. The third-order valence-electron chi connectivity index (χ3n) is 4.21. The van der Waals surface area contributed by atoms with Crippen LogP contribution in [0.5, 0.6) is 0 Å². The fourth-order valence-corrected chi connectivity index (χ4v) is 2.68. The molecule has 2 atom stereocenters. The van der Waals surface area contributed by atoms with E-state index in [0.717, 1.165) is 30.3 Å². The highest BCUT2D eigenvalue weighted by Crippen LogP contribution is 2.33. The Labute approximate surface area is 168 Å². The molecule has 162 valence electrons. The molecule has 0 aliphatic rings. The molecular formula is C21H18F6O3. The number of esters is 1. The van der Waals surface area contributed by atoms with Crippen LogP contribution in [0, 0.1) is 0 Å². The topological polar surface area (TPSA) is 46.5 Å². The maximum Gasteiger partial charge on any atom is 0.416 e. The number of ether oxygens (including phenoxy) is 1. The van der Waals surface area contributed by atoms with E-state index in [9.17, 15) is 36.2 Å². The molecule has 0 saturated heterocycles. The van der Waals surface area contributed by atoms with Gasteiger partial charge in [0.15, 0.2) is 0 Å². The number of hydrogen-bond acceptors (Lipinski definition) is 3. The van der Waals surface area contributed by atoms with Gasteiger partial charge in [-0.25, -0.2) is 4.79 Å². The Kier molecular flexibility index (Phi) is 6.97. The number of hydrogen-bond donors (Lipinski definition) is 1. The summed E-state index contributed by atoms with van der Waals surface area (Å²) in [4.78, 5) is 11.9. The Morgan fingerprint density at radius 2 is 1.53 bits per heavy atom. The number of alkyl halides is 6. The highest BCUT2D eigenvalue weighted by atomic mass is 19.4. The standard InChI is InChI=1S/C21H18F6O3/c1-12(2)19(29)30-17(10-13-5-3-7-15(9-13)20(22,23)24)18(28)14-6-4-8-16(11-14)21(25,26)27/h3-9,11,17-18,28H,1,10H2,2H3. The second kappa shape index (κ2) is 8.91. The molecule has 0 heterocycles. The van der Waals surface area contributed by atoms with Crippen molar-refractivity contribution in [3.05, 3.63) is 82.9 Å². The lowest BCUT2D eigenvalue weighted by Gasteiger charge is -2.24. The average Bonchev–Trinajstić information content (AvgIpc) is 2.65. The van der Waals surface area contributed by atoms with Gasteiger partial charge in [-0.1, -0.05) is 36.9 Å².